The lowest BCUT2D eigenvalue weighted by molar-refractivity contribution is 0.200. The Balaban J connectivity index is 2.05. The van der Waals surface area contributed by atoms with Crippen LogP contribution in [0.2, 0.25) is 5.02 Å². The number of nitrogens with zero attached hydrogens (tertiary/aromatic N) is 1. The minimum Gasteiger partial charge on any atom is -0.389 e. The standard InChI is InChI=1S/C17H16ClNO/c1-12(20)16-11-19(17-5-3-2-4-15(16)17)10-13-6-8-14(18)9-7-13/h2-9,11-12,20H,10H2,1H3. The molecule has 0 aliphatic heterocycles. The monoisotopic (exact) mass is 285 g/mol. The minimum absolute atomic E-state index is 0.466. The van der Waals surface area contributed by atoms with Crippen LogP contribution >= 0.6 is 11.6 Å². The van der Waals surface area contributed by atoms with Gasteiger partial charge in [0.1, 0.15) is 0 Å². The normalized spacial score (nSPS) is 12.8. The van der Waals surface area contributed by atoms with Crippen molar-refractivity contribution in [2.75, 3.05) is 0 Å². The summed E-state index contributed by atoms with van der Waals surface area (Å²) in [7, 11) is 0. The SMILES string of the molecule is CC(O)c1cn(Cc2ccc(Cl)cc2)c2ccccc12. The van der Waals surface area contributed by atoms with Gasteiger partial charge in [0.05, 0.1) is 6.10 Å². The molecule has 0 spiro atoms. The van der Waals surface area contributed by atoms with Gasteiger partial charge in [-0.3, -0.25) is 0 Å². The molecule has 1 aromatic heterocycles. The molecule has 0 fully saturated rings. The van der Waals surface area contributed by atoms with E-state index in [4.69, 9.17) is 11.6 Å². The highest BCUT2D eigenvalue weighted by Crippen LogP contribution is 2.27. The molecular weight excluding hydrogens is 270 g/mol. The van der Waals surface area contributed by atoms with Gasteiger partial charge in [-0.15, -0.1) is 0 Å². The Morgan fingerprint density at radius 3 is 2.50 bits per heavy atom. The van der Waals surface area contributed by atoms with Crippen molar-refractivity contribution >= 4 is 22.5 Å². The fourth-order valence-corrected chi connectivity index (χ4v) is 2.65. The highest BCUT2D eigenvalue weighted by atomic mass is 35.5. The number of aliphatic hydroxyl groups excluding tert-OH is 1. The zero-order valence-electron chi connectivity index (χ0n) is 11.3. The summed E-state index contributed by atoms with van der Waals surface area (Å²) in [6, 6.07) is 16.0. The highest BCUT2D eigenvalue weighted by molar-refractivity contribution is 6.30. The Hall–Kier alpha value is -1.77. The average molecular weight is 286 g/mol. The summed E-state index contributed by atoms with van der Waals surface area (Å²) in [5.41, 5.74) is 3.29. The fourth-order valence-electron chi connectivity index (χ4n) is 2.53. The molecule has 20 heavy (non-hydrogen) atoms. The van der Waals surface area contributed by atoms with Crippen LogP contribution in [-0.4, -0.2) is 9.67 Å². The fraction of sp³-hybridized carbons (Fsp3) is 0.176. The third kappa shape index (κ3) is 2.45. The summed E-state index contributed by atoms with van der Waals surface area (Å²) >= 11 is 5.92. The number of aliphatic hydroxyl groups is 1. The van der Waals surface area contributed by atoms with Gasteiger partial charge in [-0.05, 0) is 30.7 Å². The number of para-hydroxylation sites is 1. The number of benzene rings is 2. The van der Waals surface area contributed by atoms with Crippen molar-refractivity contribution in [3.05, 3.63) is 70.9 Å². The summed E-state index contributed by atoms with van der Waals surface area (Å²) in [4.78, 5) is 0. The molecule has 3 heteroatoms. The quantitative estimate of drug-likeness (QED) is 0.758. The second kappa shape index (κ2) is 5.31. The molecule has 102 valence electrons. The molecule has 0 radical (unpaired) electrons. The number of rotatable bonds is 3. The van der Waals surface area contributed by atoms with Crippen LogP contribution in [0.5, 0.6) is 0 Å². The Morgan fingerprint density at radius 1 is 1.10 bits per heavy atom. The van der Waals surface area contributed by atoms with E-state index in [1.807, 2.05) is 42.6 Å². The summed E-state index contributed by atoms with van der Waals surface area (Å²) in [5.74, 6) is 0. The van der Waals surface area contributed by atoms with Crippen LogP contribution in [0, 0.1) is 0 Å². The largest absolute Gasteiger partial charge is 0.389 e. The number of fused-ring (bicyclic) bond motifs is 1. The van der Waals surface area contributed by atoms with E-state index in [2.05, 4.69) is 16.7 Å². The van der Waals surface area contributed by atoms with Crippen molar-refractivity contribution in [2.45, 2.75) is 19.6 Å². The average Bonchev–Trinajstić information content (AvgIpc) is 2.81. The molecule has 2 nitrogen and oxygen atoms in total. The first-order valence-electron chi connectivity index (χ1n) is 6.65. The lowest BCUT2D eigenvalue weighted by atomic mass is 10.1. The van der Waals surface area contributed by atoms with Gasteiger partial charge in [-0.1, -0.05) is 41.9 Å². The van der Waals surface area contributed by atoms with Gasteiger partial charge in [-0.2, -0.15) is 0 Å². The first-order chi connectivity index (χ1) is 9.65. The van der Waals surface area contributed by atoms with E-state index in [-0.39, 0.29) is 0 Å². The maximum Gasteiger partial charge on any atom is 0.0782 e. The van der Waals surface area contributed by atoms with Crippen molar-refractivity contribution in [2.24, 2.45) is 0 Å². The molecule has 0 saturated heterocycles. The molecule has 1 unspecified atom stereocenters. The maximum absolute atomic E-state index is 9.91. The van der Waals surface area contributed by atoms with Gasteiger partial charge >= 0.3 is 0 Å². The van der Waals surface area contributed by atoms with Gasteiger partial charge < -0.3 is 9.67 Å². The van der Waals surface area contributed by atoms with E-state index >= 15 is 0 Å². The summed E-state index contributed by atoms with van der Waals surface area (Å²) in [6.45, 7) is 2.57. The predicted octanol–water partition coefficient (Wildman–Crippen LogP) is 4.40. The Kier molecular flexibility index (Phi) is 3.51. The molecule has 0 bridgehead atoms. The molecule has 0 aliphatic carbocycles. The molecule has 2 aromatic carbocycles. The van der Waals surface area contributed by atoms with Crippen LogP contribution in [0.1, 0.15) is 24.2 Å². The smallest absolute Gasteiger partial charge is 0.0782 e. The van der Waals surface area contributed by atoms with Crippen LogP contribution in [0.15, 0.2) is 54.7 Å². The molecule has 0 saturated carbocycles. The van der Waals surface area contributed by atoms with Gasteiger partial charge in [0.25, 0.3) is 0 Å². The van der Waals surface area contributed by atoms with E-state index in [0.717, 1.165) is 28.0 Å². The Morgan fingerprint density at radius 2 is 1.80 bits per heavy atom. The summed E-state index contributed by atoms with van der Waals surface area (Å²) < 4.78 is 2.17. The lowest BCUT2D eigenvalue weighted by Crippen LogP contribution is -1.97. The van der Waals surface area contributed by atoms with E-state index < -0.39 is 6.10 Å². The van der Waals surface area contributed by atoms with Gasteiger partial charge in [0.2, 0.25) is 0 Å². The zero-order chi connectivity index (χ0) is 14.1. The van der Waals surface area contributed by atoms with Crippen molar-refractivity contribution in [3.63, 3.8) is 0 Å². The van der Waals surface area contributed by atoms with Crippen LogP contribution in [0.4, 0.5) is 0 Å². The zero-order valence-corrected chi connectivity index (χ0v) is 12.0. The Labute approximate surface area is 123 Å². The first kappa shape index (κ1) is 13.2. The Bertz CT molecular complexity index is 728. The number of hydrogen-bond donors (Lipinski definition) is 1. The predicted molar refractivity (Wildman–Crippen MR) is 83.1 cm³/mol. The minimum atomic E-state index is -0.466. The van der Waals surface area contributed by atoms with Crippen molar-refractivity contribution in [1.82, 2.24) is 4.57 Å². The van der Waals surface area contributed by atoms with Crippen molar-refractivity contribution < 1.29 is 5.11 Å². The second-order valence-electron chi connectivity index (χ2n) is 5.03. The third-order valence-corrected chi connectivity index (χ3v) is 3.79. The molecule has 3 aromatic rings. The number of aromatic nitrogens is 1. The van der Waals surface area contributed by atoms with Crippen molar-refractivity contribution in [1.29, 1.82) is 0 Å². The number of hydrogen-bond acceptors (Lipinski definition) is 1. The van der Waals surface area contributed by atoms with Crippen LogP contribution in [-0.2, 0) is 6.54 Å². The topological polar surface area (TPSA) is 25.2 Å². The third-order valence-electron chi connectivity index (χ3n) is 3.54. The summed E-state index contributed by atoms with van der Waals surface area (Å²) in [5, 5.41) is 11.8. The molecule has 1 N–H and O–H groups in total. The number of halogens is 1. The van der Waals surface area contributed by atoms with E-state index in [1.54, 1.807) is 6.92 Å². The molecule has 0 amide bonds. The molecule has 1 atom stereocenters. The van der Waals surface area contributed by atoms with Crippen LogP contribution in [0.25, 0.3) is 10.9 Å². The highest BCUT2D eigenvalue weighted by Gasteiger charge is 2.11. The molecule has 1 heterocycles. The molecule has 0 aliphatic rings. The second-order valence-corrected chi connectivity index (χ2v) is 5.47. The first-order valence-corrected chi connectivity index (χ1v) is 7.03. The van der Waals surface area contributed by atoms with Gasteiger partial charge in [-0.25, -0.2) is 0 Å². The molecule has 3 rings (SSSR count). The summed E-state index contributed by atoms with van der Waals surface area (Å²) in [6.07, 6.45) is 1.57. The van der Waals surface area contributed by atoms with E-state index in [0.29, 0.717) is 0 Å². The van der Waals surface area contributed by atoms with Crippen LogP contribution < -0.4 is 0 Å². The van der Waals surface area contributed by atoms with Crippen molar-refractivity contribution in [3.8, 4) is 0 Å². The van der Waals surface area contributed by atoms with E-state index in [9.17, 15) is 5.11 Å². The molecular formula is C17H16ClNO. The lowest BCUT2D eigenvalue weighted by Gasteiger charge is -2.05. The maximum atomic E-state index is 9.91. The van der Waals surface area contributed by atoms with Gasteiger partial charge in [0.15, 0.2) is 0 Å². The van der Waals surface area contributed by atoms with Gasteiger partial charge in [0, 0.05) is 34.2 Å². The van der Waals surface area contributed by atoms with E-state index in [1.165, 1.54) is 5.56 Å². The van der Waals surface area contributed by atoms with Crippen LogP contribution in [0.3, 0.4) is 0 Å².